The van der Waals surface area contributed by atoms with Gasteiger partial charge in [-0.25, -0.2) is 0 Å². The molecule has 0 aliphatic carbocycles. The summed E-state index contributed by atoms with van der Waals surface area (Å²) < 4.78 is 6.24. The van der Waals surface area contributed by atoms with Gasteiger partial charge in [0.1, 0.15) is 5.75 Å². The summed E-state index contributed by atoms with van der Waals surface area (Å²) >= 11 is 2.97. The Morgan fingerprint density at radius 1 is 1.07 bits per heavy atom. The van der Waals surface area contributed by atoms with Crippen molar-refractivity contribution in [1.29, 1.82) is 0 Å². The Kier molecular flexibility index (Phi) is 6.70. The lowest BCUT2D eigenvalue weighted by molar-refractivity contribution is -0.118. The van der Waals surface area contributed by atoms with E-state index in [4.69, 9.17) is 4.74 Å². The highest BCUT2D eigenvalue weighted by Crippen LogP contribution is 2.29. The van der Waals surface area contributed by atoms with Crippen molar-refractivity contribution in [3.05, 3.63) is 65.7 Å². The van der Waals surface area contributed by atoms with Crippen molar-refractivity contribution in [2.24, 2.45) is 0 Å². The van der Waals surface area contributed by atoms with Gasteiger partial charge in [-0.3, -0.25) is 10.1 Å². The number of aromatic nitrogens is 2. The van der Waals surface area contributed by atoms with Gasteiger partial charge in [-0.1, -0.05) is 86.3 Å². The average molecular weight is 414 g/mol. The Hall–Kier alpha value is -2.38. The average Bonchev–Trinajstić information content (AvgIpc) is 3.12. The van der Waals surface area contributed by atoms with Gasteiger partial charge in [0.25, 0.3) is 5.91 Å². The minimum Gasteiger partial charge on any atom is -0.484 e. The zero-order chi connectivity index (χ0) is 20.0. The summed E-state index contributed by atoms with van der Waals surface area (Å²) in [4.78, 5) is 12.0. The number of ether oxygens (including phenoxy) is 1. The van der Waals surface area contributed by atoms with Crippen LogP contribution < -0.4 is 10.1 Å². The number of nitrogens with zero attached hydrogens (tertiary/aromatic N) is 2. The number of hydrogen-bond donors (Lipinski definition) is 1. The van der Waals surface area contributed by atoms with E-state index >= 15 is 0 Å². The molecule has 0 saturated heterocycles. The minimum absolute atomic E-state index is 0.0633. The lowest BCUT2D eigenvalue weighted by atomic mass is 9.87. The zero-order valence-corrected chi connectivity index (χ0v) is 17.8. The van der Waals surface area contributed by atoms with Crippen LogP contribution in [0.25, 0.3) is 0 Å². The summed E-state index contributed by atoms with van der Waals surface area (Å²) in [6, 6.07) is 17.9. The molecular formula is C21H23N3O2S2. The summed E-state index contributed by atoms with van der Waals surface area (Å²) in [5.41, 5.74) is 2.71. The summed E-state index contributed by atoms with van der Waals surface area (Å²) in [6.07, 6.45) is 0. The first kappa shape index (κ1) is 20.4. The highest BCUT2D eigenvalue weighted by Gasteiger charge is 2.13. The van der Waals surface area contributed by atoms with Crippen LogP contribution >= 0.6 is 23.1 Å². The van der Waals surface area contributed by atoms with E-state index in [0.29, 0.717) is 10.9 Å². The third-order valence-electron chi connectivity index (χ3n) is 3.95. The molecule has 28 heavy (non-hydrogen) atoms. The number of nitrogens with one attached hydrogen (secondary N) is 1. The topological polar surface area (TPSA) is 64.1 Å². The Bertz CT molecular complexity index is 903. The molecule has 1 heterocycles. The summed E-state index contributed by atoms with van der Waals surface area (Å²) in [7, 11) is 0. The fraction of sp³-hybridized carbons (Fsp3) is 0.286. The van der Waals surface area contributed by atoms with Crippen LogP contribution in [0.1, 0.15) is 31.9 Å². The standard InChI is InChI=1S/C21H23N3O2S2/c1-21(2,3)16-11-9-15(10-12-16)14-27-20-24-23-19(28-20)22-18(25)13-26-17-7-5-4-6-8-17/h4-12H,13-14H2,1-3H3,(H,22,23,25). The highest BCUT2D eigenvalue weighted by molar-refractivity contribution is 8.00. The van der Waals surface area contributed by atoms with E-state index in [0.717, 1.165) is 10.1 Å². The number of thioether (sulfide) groups is 1. The molecule has 0 atom stereocenters. The fourth-order valence-corrected chi connectivity index (χ4v) is 4.11. The van der Waals surface area contributed by atoms with Crippen LogP contribution in [0, 0.1) is 0 Å². The lowest BCUT2D eigenvalue weighted by Crippen LogP contribution is -2.20. The predicted octanol–water partition coefficient (Wildman–Crippen LogP) is 5.15. The van der Waals surface area contributed by atoms with E-state index in [1.807, 2.05) is 18.2 Å². The first-order chi connectivity index (χ1) is 13.4. The van der Waals surface area contributed by atoms with E-state index in [1.54, 1.807) is 23.9 Å². The molecule has 1 aromatic heterocycles. The maximum absolute atomic E-state index is 12.0. The second-order valence-electron chi connectivity index (χ2n) is 7.26. The van der Waals surface area contributed by atoms with Crippen LogP contribution in [-0.4, -0.2) is 22.7 Å². The van der Waals surface area contributed by atoms with Gasteiger partial charge in [0.2, 0.25) is 5.13 Å². The second kappa shape index (κ2) is 9.21. The van der Waals surface area contributed by atoms with Crippen molar-refractivity contribution in [3.63, 3.8) is 0 Å². The number of hydrogen-bond acceptors (Lipinski definition) is 6. The van der Waals surface area contributed by atoms with Gasteiger partial charge in [-0.2, -0.15) is 0 Å². The van der Waals surface area contributed by atoms with Crippen molar-refractivity contribution in [2.45, 2.75) is 36.3 Å². The van der Waals surface area contributed by atoms with Crippen molar-refractivity contribution >= 4 is 34.1 Å². The van der Waals surface area contributed by atoms with Crippen molar-refractivity contribution in [2.75, 3.05) is 11.9 Å². The molecule has 0 saturated carbocycles. The van der Waals surface area contributed by atoms with Crippen LogP contribution in [0.2, 0.25) is 0 Å². The minimum atomic E-state index is -0.255. The number of para-hydroxylation sites is 1. The quantitative estimate of drug-likeness (QED) is 0.429. The smallest absolute Gasteiger partial charge is 0.264 e. The third kappa shape index (κ3) is 6.07. The first-order valence-corrected chi connectivity index (χ1v) is 10.7. The molecule has 0 unspecified atom stereocenters. The number of benzene rings is 2. The number of carbonyl (C=O) groups is 1. The van der Waals surface area contributed by atoms with Crippen molar-refractivity contribution in [3.8, 4) is 5.75 Å². The fourth-order valence-electron chi connectivity index (χ4n) is 2.39. The summed E-state index contributed by atoms with van der Waals surface area (Å²) in [6.45, 7) is 6.56. The molecule has 7 heteroatoms. The van der Waals surface area contributed by atoms with Gasteiger partial charge in [0.05, 0.1) is 0 Å². The van der Waals surface area contributed by atoms with E-state index in [-0.39, 0.29) is 17.9 Å². The van der Waals surface area contributed by atoms with Gasteiger partial charge in [0, 0.05) is 5.75 Å². The van der Waals surface area contributed by atoms with Gasteiger partial charge < -0.3 is 4.74 Å². The maximum Gasteiger partial charge on any atom is 0.264 e. The van der Waals surface area contributed by atoms with Crippen LogP contribution in [0.15, 0.2) is 58.9 Å². The lowest BCUT2D eigenvalue weighted by Gasteiger charge is -2.19. The Morgan fingerprint density at radius 2 is 1.79 bits per heavy atom. The SMILES string of the molecule is CC(C)(C)c1ccc(CSc2nnc(NC(=O)COc3ccccc3)s2)cc1. The Morgan fingerprint density at radius 3 is 2.46 bits per heavy atom. The number of carbonyl (C=O) groups excluding carboxylic acids is 1. The van der Waals surface area contributed by atoms with Gasteiger partial charge in [0.15, 0.2) is 10.9 Å². The largest absolute Gasteiger partial charge is 0.484 e. The first-order valence-electron chi connectivity index (χ1n) is 8.93. The van der Waals surface area contributed by atoms with Gasteiger partial charge >= 0.3 is 0 Å². The molecule has 0 aliphatic heterocycles. The molecule has 0 bridgehead atoms. The number of anilines is 1. The molecule has 3 rings (SSSR count). The van der Waals surface area contributed by atoms with Crippen LogP contribution in [-0.2, 0) is 16.0 Å². The molecule has 5 nitrogen and oxygen atoms in total. The molecule has 0 fully saturated rings. The third-order valence-corrected chi connectivity index (χ3v) is 5.99. The van der Waals surface area contributed by atoms with Crippen molar-refractivity contribution < 1.29 is 9.53 Å². The molecule has 3 aromatic rings. The van der Waals surface area contributed by atoms with Gasteiger partial charge in [-0.05, 0) is 28.7 Å². The second-order valence-corrected chi connectivity index (χ2v) is 9.46. The monoisotopic (exact) mass is 413 g/mol. The number of amides is 1. The van der Waals surface area contributed by atoms with Crippen molar-refractivity contribution in [1.82, 2.24) is 10.2 Å². The zero-order valence-electron chi connectivity index (χ0n) is 16.1. The van der Waals surface area contributed by atoms with Crippen LogP contribution in [0.4, 0.5) is 5.13 Å². The van der Waals surface area contributed by atoms with E-state index in [2.05, 4.69) is 60.6 Å². The molecule has 0 radical (unpaired) electrons. The molecule has 0 aliphatic rings. The molecule has 2 aromatic carbocycles. The number of rotatable bonds is 7. The van der Waals surface area contributed by atoms with E-state index in [1.165, 1.54) is 22.5 Å². The molecule has 1 amide bonds. The summed E-state index contributed by atoms with van der Waals surface area (Å²) in [5.74, 6) is 1.21. The highest BCUT2D eigenvalue weighted by atomic mass is 32.2. The molecular weight excluding hydrogens is 390 g/mol. The van der Waals surface area contributed by atoms with Crippen LogP contribution in [0.3, 0.4) is 0 Å². The molecule has 146 valence electrons. The Balaban J connectivity index is 1.46. The molecule has 1 N–H and O–H groups in total. The maximum atomic E-state index is 12.0. The van der Waals surface area contributed by atoms with E-state index in [9.17, 15) is 4.79 Å². The Labute approximate surface area is 173 Å². The predicted molar refractivity (Wildman–Crippen MR) is 115 cm³/mol. The van der Waals surface area contributed by atoms with Gasteiger partial charge in [-0.15, -0.1) is 10.2 Å². The van der Waals surface area contributed by atoms with E-state index < -0.39 is 0 Å². The van der Waals surface area contributed by atoms with Crippen LogP contribution in [0.5, 0.6) is 5.75 Å². The summed E-state index contributed by atoms with van der Waals surface area (Å²) in [5, 5.41) is 11.4. The normalized spacial score (nSPS) is 11.2. The molecule has 0 spiro atoms.